The van der Waals surface area contributed by atoms with Gasteiger partial charge in [0.05, 0.1) is 18.2 Å². The van der Waals surface area contributed by atoms with E-state index in [2.05, 4.69) is 26.2 Å². The summed E-state index contributed by atoms with van der Waals surface area (Å²) in [6, 6.07) is 17.6. The summed E-state index contributed by atoms with van der Waals surface area (Å²) in [6.07, 6.45) is -2.97. The summed E-state index contributed by atoms with van der Waals surface area (Å²) in [5.74, 6) is 0.762. The number of ether oxygens (including phenoxy) is 1. The maximum Gasteiger partial charge on any atom is 0.418 e. The highest BCUT2D eigenvalue weighted by molar-refractivity contribution is 9.10. The molecule has 1 heterocycles. The normalized spacial score (nSPS) is 11.6. The minimum atomic E-state index is -4.47. The van der Waals surface area contributed by atoms with E-state index in [9.17, 15) is 13.2 Å². The number of benzene rings is 3. The van der Waals surface area contributed by atoms with Gasteiger partial charge >= 0.3 is 6.18 Å². The van der Waals surface area contributed by atoms with E-state index in [0.29, 0.717) is 11.9 Å². The van der Waals surface area contributed by atoms with E-state index in [0.717, 1.165) is 44.2 Å². The van der Waals surface area contributed by atoms with Gasteiger partial charge in [0.15, 0.2) is 0 Å². The highest BCUT2D eigenvalue weighted by atomic mass is 79.9. The molecule has 0 saturated heterocycles. The molecule has 32 heavy (non-hydrogen) atoms. The van der Waals surface area contributed by atoms with Crippen LogP contribution in [0.1, 0.15) is 16.7 Å². The first kappa shape index (κ1) is 22.1. The van der Waals surface area contributed by atoms with Crippen LogP contribution < -0.4 is 10.1 Å². The minimum Gasteiger partial charge on any atom is -0.497 e. The number of aryl methyl sites for hydroxylation is 1. The SMILES string of the molecule is COc1ccc(Br)c(CNc2cccc(-c3c(C)cnc4c(C(F)(F)F)cccc34)c2)c1. The van der Waals surface area contributed by atoms with Gasteiger partial charge in [-0.3, -0.25) is 4.98 Å². The Morgan fingerprint density at radius 3 is 2.56 bits per heavy atom. The standard InChI is InChI=1S/C25H20BrF3N2O/c1-15-13-31-24-20(7-4-8-21(24)25(27,28)29)23(15)16-5-3-6-18(11-16)30-14-17-12-19(32-2)9-10-22(17)26/h3-13,30H,14H2,1-2H3. The Bertz CT molecular complexity index is 1290. The fourth-order valence-electron chi connectivity index (χ4n) is 3.73. The van der Waals surface area contributed by atoms with Crippen molar-refractivity contribution in [1.29, 1.82) is 0 Å². The molecule has 1 aromatic heterocycles. The molecule has 4 aromatic rings. The summed E-state index contributed by atoms with van der Waals surface area (Å²) in [5, 5.41) is 3.86. The number of pyridine rings is 1. The maximum absolute atomic E-state index is 13.5. The molecule has 0 amide bonds. The number of para-hydroxylation sites is 1. The zero-order valence-electron chi connectivity index (χ0n) is 17.4. The topological polar surface area (TPSA) is 34.1 Å². The lowest BCUT2D eigenvalue weighted by Crippen LogP contribution is -2.07. The van der Waals surface area contributed by atoms with Crippen LogP contribution in [0.3, 0.4) is 0 Å². The number of rotatable bonds is 5. The van der Waals surface area contributed by atoms with E-state index in [4.69, 9.17) is 4.74 Å². The Balaban J connectivity index is 1.72. The monoisotopic (exact) mass is 500 g/mol. The molecule has 0 fully saturated rings. The van der Waals surface area contributed by atoms with Gasteiger partial charge in [-0.2, -0.15) is 13.2 Å². The second-order valence-corrected chi connectivity index (χ2v) is 8.26. The second kappa shape index (κ2) is 8.82. The molecule has 164 valence electrons. The smallest absolute Gasteiger partial charge is 0.418 e. The van der Waals surface area contributed by atoms with Crippen molar-refractivity contribution >= 4 is 32.5 Å². The summed E-state index contributed by atoms with van der Waals surface area (Å²) >= 11 is 3.55. The third-order valence-corrected chi connectivity index (χ3v) is 6.05. The predicted molar refractivity (Wildman–Crippen MR) is 125 cm³/mol. The van der Waals surface area contributed by atoms with Gasteiger partial charge in [0.25, 0.3) is 0 Å². The van der Waals surface area contributed by atoms with Gasteiger partial charge in [-0.15, -0.1) is 0 Å². The Labute approximate surface area is 192 Å². The highest BCUT2D eigenvalue weighted by Gasteiger charge is 2.33. The minimum absolute atomic E-state index is 0.0423. The number of aromatic nitrogens is 1. The lowest BCUT2D eigenvalue weighted by Gasteiger charge is -2.15. The lowest BCUT2D eigenvalue weighted by atomic mass is 9.95. The summed E-state index contributed by atoms with van der Waals surface area (Å²) in [5.41, 5.74) is 3.48. The van der Waals surface area contributed by atoms with Crippen LogP contribution in [0.15, 0.2) is 71.3 Å². The number of fused-ring (bicyclic) bond motifs is 1. The lowest BCUT2D eigenvalue weighted by molar-refractivity contribution is -0.136. The number of nitrogens with one attached hydrogen (secondary N) is 1. The van der Waals surface area contributed by atoms with Crippen molar-refractivity contribution in [2.75, 3.05) is 12.4 Å². The van der Waals surface area contributed by atoms with Crippen molar-refractivity contribution in [2.45, 2.75) is 19.6 Å². The molecule has 0 atom stereocenters. The third-order valence-electron chi connectivity index (χ3n) is 5.28. The molecule has 3 nitrogen and oxygen atoms in total. The Morgan fingerprint density at radius 1 is 1.03 bits per heavy atom. The van der Waals surface area contributed by atoms with Crippen LogP contribution in [-0.4, -0.2) is 12.1 Å². The van der Waals surface area contributed by atoms with Crippen LogP contribution in [0, 0.1) is 6.92 Å². The summed E-state index contributed by atoms with van der Waals surface area (Å²) < 4.78 is 46.8. The molecule has 7 heteroatoms. The quantitative estimate of drug-likeness (QED) is 0.306. The molecule has 1 N–H and O–H groups in total. The van der Waals surface area contributed by atoms with E-state index in [1.165, 1.54) is 12.3 Å². The van der Waals surface area contributed by atoms with Crippen molar-refractivity contribution in [2.24, 2.45) is 0 Å². The number of alkyl halides is 3. The second-order valence-electron chi connectivity index (χ2n) is 7.41. The van der Waals surface area contributed by atoms with Crippen LogP contribution >= 0.6 is 15.9 Å². The van der Waals surface area contributed by atoms with E-state index in [1.807, 2.05) is 49.4 Å². The highest BCUT2D eigenvalue weighted by Crippen LogP contribution is 2.38. The molecular weight excluding hydrogens is 481 g/mol. The van der Waals surface area contributed by atoms with Gasteiger partial charge in [0, 0.05) is 28.3 Å². The summed E-state index contributed by atoms with van der Waals surface area (Å²) in [7, 11) is 1.62. The number of anilines is 1. The Hall–Kier alpha value is -3.06. The fourth-order valence-corrected chi connectivity index (χ4v) is 4.12. The molecule has 0 saturated carbocycles. The zero-order chi connectivity index (χ0) is 22.9. The van der Waals surface area contributed by atoms with Crippen LogP contribution in [0.25, 0.3) is 22.0 Å². The maximum atomic E-state index is 13.5. The third kappa shape index (κ3) is 4.43. The molecular formula is C25H20BrF3N2O. The van der Waals surface area contributed by atoms with Crippen LogP contribution in [0.4, 0.5) is 18.9 Å². The molecule has 0 aliphatic heterocycles. The number of nitrogens with zero attached hydrogens (tertiary/aromatic N) is 1. The Morgan fingerprint density at radius 2 is 1.81 bits per heavy atom. The summed E-state index contributed by atoms with van der Waals surface area (Å²) in [6.45, 7) is 2.41. The first-order valence-electron chi connectivity index (χ1n) is 9.90. The number of hydrogen-bond donors (Lipinski definition) is 1. The van der Waals surface area contributed by atoms with Gasteiger partial charge in [0.1, 0.15) is 5.75 Å². The van der Waals surface area contributed by atoms with Crippen LogP contribution in [-0.2, 0) is 12.7 Å². The number of halogens is 4. The van der Waals surface area contributed by atoms with Gasteiger partial charge in [-0.25, -0.2) is 0 Å². The predicted octanol–water partition coefficient (Wildman–Crippen LogP) is 7.61. The van der Waals surface area contributed by atoms with Crippen LogP contribution in [0.5, 0.6) is 5.75 Å². The number of hydrogen-bond acceptors (Lipinski definition) is 3. The van der Waals surface area contributed by atoms with Gasteiger partial charge in [-0.05, 0) is 65.6 Å². The molecule has 0 aliphatic rings. The van der Waals surface area contributed by atoms with E-state index in [1.54, 1.807) is 13.2 Å². The zero-order valence-corrected chi connectivity index (χ0v) is 19.0. The van der Waals surface area contributed by atoms with Crippen molar-refractivity contribution in [3.63, 3.8) is 0 Å². The molecule has 0 radical (unpaired) electrons. The fraction of sp³-hybridized carbons (Fsp3) is 0.160. The van der Waals surface area contributed by atoms with Crippen LogP contribution in [0.2, 0.25) is 0 Å². The number of methoxy groups -OCH3 is 1. The summed E-state index contributed by atoms with van der Waals surface area (Å²) in [4.78, 5) is 4.11. The first-order chi connectivity index (χ1) is 15.3. The first-order valence-corrected chi connectivity index (χ1v) is 10.7. The molecule has 0 aliphatic carbocycles. The largest absolute Gasteiger partial charge is 0.497 e. The average Bonchev–Trinajstić information content (AvgIpc) is 2.77. The van der Waals surface area contributed by atoms with Gasteiger partial charge < -0.3 is 10.1 Å². The van der Waals surface area contributed by atoms with Crippen molar-refractivity contribution in [3.05, 3.63) is 88.0 Å². The van der Waals surface area contributed by atoms with Crippen molar-refractivity contribution < 1.29 is 17.9 Å². The van der Waals surface area contributed by atoms with E-state index in [-0.39, 0.29) is 5.52 Å². The van der Waals surface area contributed by atoms with Crippen molar-refractivity contribution in [1.82, 2.24) is 4.98 Å². The molecule has 0 bridgehead atoms. The van der Waals surface area contributed by atoms with Gasteiger partial charge in [0.2, 0.25) is 0 Å². The molecule has 0 spiro atoms. The molecule has 3 aromatic carbocycles. The molecule has 0 unspecified atom stereocenters. The van der Waals surface area contributed by atoms with E-state index >= 15 is 0 Å². The average molecular weight is 501 g/mol. The molecule has 4 rings (SSSR count). The van der Waals surface area contributed by atoms with E-state index < -0.39 is 11.7 Å². The van der Waals surface area contributed by atoms with Gasteiger partial charge in [-0.1, -0.05) is 40.2 Å². The van der Waals surface area contributed by atoms with Crippen molar-refractivity contribution in [3.8, 4) is 16.9 Å². The Kier molecular flexibility index (Phi) is 6.11.